The predicted octanol–water partition coefficient (Wildman–Crippen LogP) is 5.45. The normalized spacial score (nSPS) is 10.5. The average Bonchev–Trinajstić information content (AvgIpc) is 2.82. The zero-order valence-electron chi connectivity index (χ0n) is 17.5. The molecule has 1 amide bonds. The summed E-state index contributed by atoms with van der Waals surface area (Å²) >= 11 is 3.49. The van der Waals surface area contributed by atoms with E-state index >= 15 is 0 Å². The molecule has 0 heterocycles. The van der Waals surface area contributed by atoms with Crippen molar-refractivity contribution >= 4 is 28.1 Å². The first kappa shape index (κ1) is 23.0. The van der Waals surface area contributed by atoms with Gasteiger partial charge in [-0.05, 0) is 76.4 Å². The lowest BCUT2D eigenvalue weighted by Gasteiger charge is -2.10. The number of ether oxygens (including phenoxy) is 2. The molecule has 162 valence electrons. The summed E-state index contributed by atoms with van der Waals surface area (Å²) < 4.78 is 12.1. The maximum atomic E-state index is 12.2. The molecule has 0 saturated carbocycles. The summed E-state index contributed by atoms with van der Waals surface area (Å²) in [6.07, 6.45) is 2.48. The number of hydrogen-bond donors (Lipinski definition) is 1. The van der Waals surface area contributed by atoms with Gasteiger partial charge in [-0.2, -0.15) is 10.4 Å². The highest BCUT2D eigenvalue weighted by Gasteiger charge is 2.07. The number of nitrogens with one attached hydrogen (secondary N) is 1. The van der Waals surface area contributed by atoms with Crippen molar-refractivity contribution in [2.45, 2.75) is 20.0 Å². The number of halogens is 1. The van der Waals surface area contributed by atoms with Gasteiger partial charge >= 0.3 is 0 Å². The fourth-order valence-electron chi connectivity index (χ4n) is 2.78. The summed E-state index contributed by atoms with van der Waals surface area (Å²) in [4.78, 5) is 12.2. The van der Waals surface area contributed by atoms with Crippen molar-refractivity contribution in [3.63, 3.8) is 0 Å². The van der Waals surface area contributed by atoms with Crippen LogP contribution in [0.3, 0.4) is 0 Å². The third-order valence-corrected chi connectivity index (χ3v) is 5.07. The molecule has 0 aliphatic rings. The number of carbonyl (C=O) groups excluding carboxylic acids is 1. The zero-order valence-corrected chi connectivity index (χ0v) is 19.1. The van der Waals surface area contributed by atoms with E-state index in [1.807, 2.05) is 37.3 Å². The third kappa shape index (κ3) is 6.43. The van der Waals surface area contributed by atoms with Crippen LogP contribution in [-0.4, -0.2) is 18.7 Å². The highest BCUT2D eigenvalue weighted by atomic mass is 79.9. The molecule has 3 aromatic rings. The second-order valence-corrected chi connectivity index (χ2v) is 7.67. The number of amides is 1. The van der Waals surface area contributed by atoms with Crippen LogP contribution in [0, 0.1) is 11.3 Å². The summed E-state index contributed by atoms with van der Waals surface area (Å²) in [5.41, 5.74) is 5.20. The minimum absolute atomic E-state index is 0.286. The maximum absolute atomic E-state index is 12.2. The van der Waals surface area contributed by atoms with Crippen LogP contribution in [0.2, 0.25) is 0 Å². The first-order chi connectivity index (χ1) is 15.6. The molecule has 6 nitrogen and oxygen atoms in total. The predicted molar refractivity (Wildman–Crippen MR) is 127 cm³/mol. The summed E-state index contributed by atoms with van der Waals surface area (Å²) in [6, 6.07) is 21.9. The van der Waals surface area contributed by atoms with Gasteiger partial charge in [-0.1, -0.05) is 25.1 Å². The lowest BCUT2D eigenvalue weighted by molar-refractivity contribution is 0.0955. The van der Waals surface area contributed by atoms with Crippen LogP contribution < -0.4 is 14.9 Å². The van der Waals surface area contributed by atoms with Gasteiger partial charge in [-0.3, -0.25) is 4.79 Å². The largest absolute Gasteiger partial charge is 0.494 e. The molecule has 0 spiro atoms. The van der Waals surface area contributed by atoms with Gasteiger partial charge in [0.1, 0.15) is 18.1 Å². The lowest BCUT2D eigenvalue weighted by atomic mass is 10.1. The van der Waals surface area contributed by atoms with E-state index in [-0.39, 0.29) is 12.5 Å². The Bertz CT molecular complexity index is 1140. The van der Waals surface area contributed by atoms with E-state index in [0.717, 1.165) is 27.8 Å². The molecule has 3 aromatic carbocycles. The molecular weight excluding hydrogens is 470 g/mol. The number of rotatable bonds is 9. The fourth-order valence-corrected chi connectivity index (χ4v) is 3.29. The van der Waals surface area contributed by atoms with Gasteiger partial charge in [-0.25, -0.2) is 5.43 Å². The molecule has 0 unspecified atom stereocenters. The van der Waals surface area contributed by atoms with Gasteiger partial charge < -0.3 is 9.47 Å². The van der Waals surface area contributed by atoms with E-state index in [9.17, 15) is 10.1 Å². The van der Waals surface area contributed by atoms with E-state index in [1.54, 1.807) is 42.6 Å². The van der Waals surface area contributed by atoms with Crippen molar-refractivity contribution in [1.29, 1.82) is 5.26 Å². The molecule has 3 rings (SSSR count). The molecule has 0 saturated heterocycles. The molecule has 0 bridgehead atoms. The van der Waals surface area contributed by atoms with Crippen molar-refractivity contribution in [3.8, 4) is 17.6 Å². The van der Waals surface area contributed by atoms with Crippen molar-refractivity contribution in [3.05, 3.63) is 93.5 Å². The fraction of sp³-hybridized carbons (Fsp3) is 0.160. The number of nitrogens with zero attached hydrogens (tertiary/aromatic N) is 2. The molecule has 1 N–H and O–H groups in total. The number of hydrogen-bond acceptors (Lipinski definition) is 5. The van der Waals surface area contributed by atoms with Crippen molar-refractivity contribution in [2.24, 2.45) is 5.10 Å². The summed E-state index contributed by atoms with van der Waals surface area (Å²) in [5.74, 6) is 1.07. The number of benzene rings is 3. The lowest BCUT2D eigenvalue weighted by Crippen LogP contribution is -2.17. The smallest absolute Gasteiger partial charge is 0.271 e. The van der Waals surface area contributed by atoms with Gasteiger partial charge in [0.2, 0.25) is 0 Å². The summed E-state index contributed by atoms with van der Waals surface area (Å²) in [6.45, 7) is 2.96. The van der Waals surface area contributed by atoms with E-state index in [2.05, 4.69) is 32.5 Å². The van der Waals surface area contributed by atoms with Gasteiger partial charge in [0, 0.05) is 11.1 Å². The Labute approximate surface area is 195 Å². The van der Waals surface area contributed by atoms with Gasteiger partial charge in [0.15, 0.2) is 0 Å². The van der Waals surface area contributed by atoms with E-state index in [0.29, 0.717) is 23.5 Å². The minimum atomic E-state index is -0.307. The molecule has 0 radical (unpaired) electrons. The monoisotopic (exact) mass is 491 g/mol. The van der Waals surface area contributed by atoms with Crippen LogP contribution in [-0.2, 0) is 6.61 Å². The van der Waals surface area contributed by atoms with Gasteiger partial charge in [0.25, 0.3) is 5.91 Å². The van der Waals surface area contributed by atoms with Crippen molar-refractivity contribution < 1.29 is 14.3 Å². The Morgan fingerprint density at radius 3 is 2.62 bits per heavy atom. The number of hydrazone groups is 1. The molecule has 0 aromatic heterocycles. The SMILES string of the molecule is CCCOc1ccc(C(=O)N/N=C\c2ccc(OCc3ccccc3C#N)c(Br)c2)cc1. The Kier molecular flexibility index (Phi) is 8.41. The van der Waals surface area contributed by atoms with Crippen LogP contribution in [0.25, 0.3) is 0 Å². The minimum Gasteiger partial charge on any atom is -0.494 e. The van der Waals surface area contributed by atoms with Crippen LogP contribution in [0.15, 0.2) is 76.3 Å². The quantitative estimate of drug-likeness (QED) is 0.318. The molecule has 7 heteroatoms. The molecule has 0 aliphatic heterocycles. The zero-order chi connectivity index (χ0) is 22.8. The molecule has 0 atom stereocenters. The van der Waals surface area contributed by atoms with Crippen LogP contribution in [0.5, 0.6) is 11.5 Å². The summed E-state index contributed by atoms with van der Waals surface area (Å²) in [5, 5.41) is 13.2. The highest BCUT2D eigenvalue weighted by Crippen LogP contribution is 2.26. The van der Waals surface area contributed by atoms with Crippen LogP contribution in [0.1, 0.15) is 40.4 Å². The Balaban J connectivity index is 1.55. The topological polar surface area (TPSA) is 83.7 Å². The first-order valence-corrected chi connectivity index (χ1v) is 10.9. The van der Waals surface area contributed by atoms with Crippen molar-refractivity contribution in [2.75, 3.05) is 6.61 Å². The Morgan fingerprint density at radius 1 is 1.12 bits per heavy atom. The van der Waals surface area contributed by atoms with E-state index in [1.165, 1.54) is 0 Å². The van der Waals surface area contributed by atoms with Crippen LogP contribution >= 0.6 is 15.9 Å². The van der Waals surface area contributed by atoms with Crippen molar-refractivity contribution in [1.82, 2.24) is 5.43 Å². The van der Waals surface area contributed by atoms with E-state index < -0.39 is 0 Å². The Hall–Kier alpha value is -3.63. The van der Waals surface area contributed by atoms with Gasteiger partial charge in [0.05, 0.1) is 28.9 Å². The number of nitriles is 1. The van der Waals surface area contributed by atoms with Gasteiger partial charge in [-0.15, -0.1) is 0 Å². The molecular formula is C25H22BrN3O3. The molecule has 32 heavy (non-hydrogen) atoms. The average molecular weight is 492 g/mol. The second kappa shape index (κ2) is 11.7. The molecule has 0 aliphatic carbocycles. The third-order valence-electron chi connectivity index (χ3n) is 4.45. The first-order valence-electron chi connectivity index (χ1n) is 10.1. The highest BCUT2D eigenvalue weighted by molar-refractivity contribution is 9.10. The second-order valence-electron chi connectivity index (χ2n) is 6.82. The number of carbonyl (C=O) groups is 1. The Morgan fingerprint density at radius 2 is 1.91 bits per heavy atom. The summed E-state index contributed by atoms with van der Waals surface area (Å²) in [7, 11) is 0. The standard InChI is InChI=1S/C25H22BrN3O3/c1-2-13-31-22-10-8-19(9-11-22)25(30)29-28-16-18-7-12-24(23(26)14-18)32-17-21-6-4-3-5-20(21)15-27/h3-12,14,16H,2,13,17H2,1H3,(H,29,30)/b28-16-. The molecule has 0 fully saturated rings. The van der Waals surface area contributed by atoms with Crippen LogP contribution in [0.4, 0.5) is 0 Å². The maximum Gasteiger partial charge on any atom is 0.271 e. The van der Waals surface area contributed by atoms with E-state index in [4.69, 9.17) is 9.47 Å².